The maximum absolute atomic E-state index is 5.86. The Hall–Kier alpha value is -1.42. The molecule has 3 rings (SSSR count). The molecular formula is C24H31BrN2. The van der Waals surface area contributed by atoms with Crippen molar-refractivity contribution in [1.82, 2.24) is 4.90 Å². The standard InChI is InChI=1S/C24H31BrN2/c25-24-10-4-8-23(16-24)19-27(15-5-9-20-6-2-1-3-7-20)18-22-13-11-21(17-26)12-14-22/h1-10,16,21-22H,11-15,17-19,26H2. The minimum atomic E-state index is 0.748. The van der Waals surface area contributed by atoms with Crippen molar-refractivity contribution < 1.29 is 0 Å². The summed E-state index contributed by atoms with van der Waals surface area (Å²) < 4.78 is 1.16. The van der Waals surface area contributed by atoms with Crippen molar-refractivity contribution in [2.24, 2.45) is 17.6 Å². The van der Waals surface area contributed by atoms with Gasteiger partial charge in [0.1, 0.15) is 0 Å². The van der Waals surface area contributed by atoms with Gasteiger partial charge in [-0.3, -0.25) is 4.90 Å². The van der Waals surface area contributed by atoms with Crippen molar-refractivity contribution in [2.45, 2.75) is 32.2 Å². The van der Waals surface area contributed by atoms with Gasteiger partial charge < -0.3 is 5.73 Å². The fourth-order valence-electron chi connectivity index (χ4n) is 4.01. The van der Waals surface area contributed by atoms with Crippen LogP contribution in [0.15, 0.2) is 65.1 Å². The van der Waals surface area contributed by atoms with Crippen molar-refractivity contribution >= 4 is 22.0 Å². The SMILES string of the molecule is NCC1CCC(CN(CC=Cc2ccccc2)Cc2cccc(Br)c2)CC1. The van der Waals surface area contributed by atoms with E-state index in [0.717, 1.165) is 35.9 Å². The highest BCUT2D eigenvalue weighted by Gasteiger charge is 2.22. The monoisotopic (exact) mass is 426 g/mol. The third-order valence-corrected chi connectivity index (χ3v) is 6.08. The van der Waals surface area contributed by atoms with E-state index in [1.165, 1.54) is 43.4 Å². The van der Waals surface area contributed by atoms with Gasteiger partial charge in [-0.05, 0) is 67.3 Å². The maximum Gasteiger partial charge on any atom is 0.0237 e. The van der Waals surface area contributed by atoms with E-state index in [2.05, 4.69) is 87.6 Å². The second-order valence-corrected chi connectivity index (χ2v) is 8.68. The Balaban J connectivity index is 1.62. The van der Waals surface area contributed by atoms with Crippen LogP contribution in [-0.2, 0) is 6.54 Å². The quantitative estimate of drug-likeness (QED) is 0.583. The lowest BCUT2D eigenvalue weighted by Gasteiger charge is -2.32. The summed E-state index contributed by atoms with van der Waals surface area (Å²) in [6, 6.07) is 19.2. The second-order valence-electron chi connectivity index (χ2n) is 7.76. The number of hydrogen-bond donors (Lipinski definition) is 1. The molecule has 0 bridgehead atoms. The molecule has 2 N–H and O–H groups in total. The largest absolute Gasteiger partial charge is 0.330 e. The fourth-order valence-corrected chi connectivity index (χ4v) is 4.46. The molecule has 2 aromatic carbocycles. The Labute approximate surface area is 172 Å². The van der Waals surface area contributed by atoms with Gasteiger partial charge >= 0.3 is 0 Å². The van der Waals surface area contributed by atoms with Gasteiger partial charge in [0.25, 0.3) is 0 Å². The van der Waals surface area contributed by atoms with E-state index in [4.69, 9.17) is 5.73 Å². The van der Waals surface area contributed by atoms with E-state index in [1.54, 1.807) is 0 Å². The van der Waals surface area contributed by atoms with Gasteiger partial charge in [-0.15, -0.1) is 0 Å². The molecule has 0 heterocycles. The summed E-state index contributed by atoms with van der Waals surface area (Å²) in [7, 11) is 0. The lowest BCUT2D eigenvalue weighted by atomic mass is 9.82. The third-order valence-electron chi connectivity index (χ3n) is 5.58. The molecule has 0 aliphatic heterocycles. The van der Waals surface area contributed by atoms with Crippen LogP contribution in [0.2, 0.25) is 0 Å². The summed E-state index contributed by atoms with van der Waals surface area (Å²) in [6.45, 7) is 4.00. The summed E-state index contributed by atoms with van der Waals surface area (Å²) in [6.07, 6.45) is 9.77. The topological polar surface area (TPSA) is 29.3 Å². The zero-order valence-corrected chi connectivity index (χ0v) is 17.7. The Morgan fingerprint density at radius 2 is 1.70 bits per heavy atom. The van der Waals surface area contributed by atoms with Crippen molar-refractivity contribution in [2.75, 3.05) is 19.6 Å². The summed E-state index contributed by atoms with van der Waals surface area (Å²) in [5.41, 5.74) is 8.50. The normalized spacial score (nSPS) is 20.4. The molecule has 27 heavy (non-hydrogen) atoms. The molecule has 1 saturated carbocycles. The van der Waals surface area contributed by atoms with Gasteiger partial charge in [-0.2, -0.15) is 0 Å². The number of halogens is 1. The van der Waals surface area contributed by atoms with Crippen molar-refractivity contribution in [3.63, 3.8) is 0 Å². The van der Waals surface area contributed by atoms with E-state index in [-0.39, 0.29) is 0 Å². The molecule has 2 nitrogen and oxygen atoms in total. The summed E-state index contributed by atoms with van der Waals surface area (Å²) in [5, 5.41) is 0. The van der Waals surface area contributed by atoms with Crippen LogP contribution in [0.5, 0.6) is 0 Å². The number of nitrogens with two attached hydrogens (primary N) is 1. The first-order chi connectivity index (χ1) is 13.2. The zero-order chi connectivity index (χ0) is 18.9. The maximum atomic E-state index is 5.86. The smallest absolute Gasteiger partial charge is 0.0237 e. The number of rotatable bonds is 8. The summed E-state index contributed by atoms with van der Waals surface area (Å²) >= 11 is 3.60. The lowest BCUT2D eigenvalue weighted by molar-refractivity contribution is 0.188. The predicted octanol–water partition coefficient (Wildman–Crippen LogP) is 5.73. The van der Waals surface area contributed by atoms with E-state index >= 15 is 0 Å². The number of hydrogen-bond acceptors (Lipinski definition) is 2. The number of nitrogens with zero attached hydrogens (tertiary/aromatic N) is 1. The van der Waals surface area contributed by atoms with Crippen molar-refractivity contribution in [3.05, 3.63) is 76.3 Å². The molecule has 1 fully saturated rings. The van der Waals surface area contributed by atoms with Crippen LogP contribution in [0.4, 0.5) is 0 Å². The molecule has 0 atom stereocenters. The van der Waals surface area contributed by atoms with Crippen LogP contribution in [0.1, 0.15) is 36.8 Å². The average molecular weight is 427 g/mol. The van der Waals surface area contributed by atoms with Crippen LogP contribution >= 0.6 is 15.9 Å². The molecule has 0 radical (unpaired) electrons. The Morgan fingerprint density at radius 1 is 0.963 bits per heavy atom. The summed E-state index contributed by atoms with van der Waals surface area (Å²) in [5.74, 6) is 1.54. The van der Waals surface area contributed by atoms with Gasteiger partial charge in [-0.1, -0.05) is 70.5 Å². The average Bonchev–Trinajstić information content (AvgIpc) is 2.69. The van der Waals surface area contributed by atoms with Crippen LogP contribution in [0, 0.1) is 11.8 Å². The van der Waals surface area contributed by atoms with E-state index in [9.17, 15) is 0 Å². The molecule has 0 amide bonds. The predicted molar refractivity (Wildman–Crippen MR) is 119 cm³/mol. The Kier molecular flexibility index (Phi) is 8.12. The number of benzene rings is 2. The fraction of sp³-hybridized carbons (Fsp3) is 0.417. The van der Waals surface area contributed by atoms with E-state index in [0.29, 0.717) is 0 Å². The molecule has 144 valence electrons. The van der Waals surface area contributed by atoms with Gasteiger partial charge in [0.15, 0.2) is 0 Å². The van der Waals surface area contributed by atoms with Gasteiger partial charge in [-0.25, -0.2) is 0 Å². The molecule has 0 aromatic heterocycles. The highest BCUT2D eigenvalue weighted by atomic mass is 79.9. The van der Waals surface area contributed by atoms with E-state index in [1.807, 2.05) is 0 Å². The Bertz CT molecular complexity index is 705. The van der Waals surface area contributed by atoms with Gasteiger partial charge in [0.2, 0.25) is 0 Å². The first-order valence-electron chi connectivity index (χ1n) is 10.1. The zero-order valence-electron chi connectivity index (χ0n) is 16.1. The minimum absolute atomic E-state index is 0.748. The lowest BCUT2D eigenvalue weighted by Crippen LogP contribution is -2.32. The third kappa shape index (κ3) is 6.91. The molecule has 0 unspecified atom stereocenters. The second kappa shape index (κ2) is 10.8. The van der Waals surface area contributed by atoms with Crippen LogP contribution in [0.3, 0.4) is 0 Å². The van der Waals surface area contributed by atoms with E-state index < -0.39 is 0 Å². The Morgan fingerprint density at radius 3 is 2.41 bits per heavy atom. The molecule has 1 aliphatic carbocycles. The van der Waals surface area contributed by atoms with Gasteiger partial charge in [0, 0.05) is 24.1 Å². The highest BCUT2D eigenvalue weighted by Crippen LogP contribution is 2.29. The highest BCUT2D eigenvalue weighted by molar-refractivity contribution is 9.10. The first kappa shape index (κ1) is 20.3. The summed E-state index contributed by atoms with van der Waals surface area (Å²) in [4.78, 5) is 2.59. The van der Waals surface area contributed by atoms with Crippen molar-refractivity contribution in [1.29, 1.82) is 0 Å². The molecule has 0 spiro atoms. The molecule has 2 aromatic rings. The van der Waals surface area contributed by atoms with Crippen LogP contribution < -0.4 is 5.73 Å². The molecular weight excluding hydrogens is 396 g/mol. The molecule has 0 saturated heterocycles. The molecule has 3 heteroatoms. The van der Waals surface area contributed by atoms with Gasteiger partial charge in [0.05, 0.1) is 0 Å². The first-order valence-corrected chi connectivity index (χ1v) is 10.9. The van der Waals surface area contributed by atoms with Crippen LogP contribution in [0.25, 0.3) is 6.08 Å². The molecule has 1 aliphatic rings. The van der Waals surface area contributed by atoms with Crippen molar-refractivity contribution in [3.8, 4) is 0 Å². The van der Waals surface area contributed by atoms with Crippen LogP contribution in [-0.4, -0.2) is 24.5 Å². The minimum Gasteiger partial charge on any atom is -0.330 e.